The molecule has 0 atom stereocenters. The fraction of sp³-hybridized carbons (Fsp3) is 0.417. The quantitative estimate of drug-likeness (QED) is 0.760. The van der Waals surface area contributed by atoms with Gasteiger partial charge >= 0.3 is 0 Å². The molecule has 1 heterocycles. The Morgan fingerprint density at radius 1 is 1.35 bits per heavy atom. The van der Waals surface area contributed by atoms with Crippen LogP contribution in [0.1, 0.15) is 18.9 Å². The van der Waals surface area contributed by atoms with Gasteiger partial charge in [0.2, 0.25) is 5.91 Å². The molecule has 0 bridgehead atoms. The molecule has 2 rings (SSSR count). The molecule has 1 aliphatic heterocycles. The normalized spacial score (nSPS) is 15.5. The maximum absolute atomic E-state index is 11.5. The monoisotopic (exact) mass is 253 g/mol. The molecule has 1 aromatic carbocycles. The number of carbonyl (C=O) groups excluding carboxylic acids is 1. The SMILES string of the molecule is CC(=O)N1CCCc2ccc(S(C)(=O)=O)cc21. The maximum atomic E-state index is 11.5. The summed E-state index contributed by atoms with van der Waals surface area (Å²) in [4.78, 5) is 13.4. The van der Waals surface area contributed by atoms with Gasteiger partial charge in [0.15, 0.2) is 9.84 Å². The molecule has 0 aromatic heterocycles. The highest BCUT2D eigenvalue weighted by molar-refractivity contribution is 7.90. The Morgan fingerprint density at radius 3 is 2.65 bits per heavy atom. The second kappa shape index (κ2) is 4.14. The zero-order valence-corrected chi connectivity index (χ0v) is 10.8. The Balaban J connectivity index is 2.55. The minimum atomic E-state index is -3.22. The van der Waals surface area contributed by atoms with Crippen molar-refractivity contribution in [2.45, 2.75) is 24.7 Å². The zero-order valence-electron chi connectivity index (χ0n) is 9.93. The van der Waals surface area contributed by atoms with E-state index < -0.39 is 9.84 Å². The number of carbonyl (C=O) groups is 1. The molecule has 92 valence electrons. The first-order chi connectivity index (χ1) is 7.89. The van der Waals surface area contributed by atoms with Gasteiger partial charge in [0.25, 0.3) is 0 Å². The largest absolute Gasteiger partial charge is 0.312 e. The van der Waals surface area contributed by atoms with Crippen LogP contribution in [0.15, 0.2) is 23.1 Å². The second-order valence-electron chi connectivity index (χ2n) is 4.34. The van der Waals surface area contributed by atoms with Gasteiger partial charge in [0.1, 0.15) is 0 Å². The van der Waals surface area contributed by atoms with Crippen LogP contribution in [0.4, 0.5) is 5.69 Å². The van der Waals surface area contributed by atoms with Gasteiger partial charge in [0.05, 0.1) is 4.90 Å². The van der Waals surface area contributed by atoms with Gasteiger partial charge in [-0.25, -0.2) is 8.42 Å². The molecule has 4 nitrogen and oxygen atoms in total. The van der Waals surface area contributed by atoms with E-state index in [0.717, 1.165) is 24.1 Å². The number of sulfone groups is 1. The third kappa shape index (κ3) is 2.34. The van der Waals surface area contributed by atoms with E-state index in [1.165, 1.54) is 13.2 Å². The minimum absolute atomic E-state index is 0.0448. The summed E-state index contributed by atoms with van der Waals surface area (Å²) in [6, 6.07) is 5.02. The van der Waals surface area contributed by atoms with Gasteiger partial charge < -0.3 is 4.90 Å². The first-order valence-electron chi connectivity index (χ1n) is 5.50. The van der Waals surface area contributed by atoms with Crippen molar-refractivity contribution in [3.8, 4) is 0 Å². The second-order valence-corrected chi connectivity index (χ2v) is 6.35. The van der Waals surface area contributed by atoms with E-state index in [4.69, 9.17) is 0 Å². The van der Waals surface area contributed by atoms with Gasteiger partial charge in [0, 0.05) is 25.4 Å². The lowest BCUT2D eigenvalue weighted by atomic mass is 10.0. The Bertz CT molecular complexity index is 563. The van der Waals surface area contributed by atoms with Crippen molar-refractivity contribution in [1.82, 2.24) is 0 Å². The van der Waals surface area contributed by atoms with Crippen molar-refractivity contribution < 1.29 is 13.2 Å². The van der Waals surface area contributed by atoms with Crippen molar-refractivity contribution in [2.75, 3.05) is 17.7 Å². The van der Waals surface area contributed by atoms with Crippen molar-refractivity contribution in [2.24, 2.45) is 0 Å². The molecule has 0 radical (unpaired) electrons. The van der Waals surface area contributed by atoms with E-state index >= 15 is 0 Å². The molecule has 0 saturated carbocycles. The fourth-order valence-electron chi connectivity index (χ4n) is 2.11. The lowest BCUT2D eigenvalue weighted by Gasteiger charge is -2.28. The molecular formula is C12H15NO3S. The van der Waals surface area contributed by atoms with Gasteiger partial charge in [-0.15, -0.1) is 0 Å². The van der Waals surface area contributed by atoms with E-state index in [9.17, 15) is 13.2 Å². The van der Waals surface area contributed by atoms with Crippen LogP contribution in [0.25, 0.3) is 0 Å². The Kier molecular flexibility index (Phi) is 2.95. The molecular weight excluding hydrogens is 238 g/mol. The molecule has 1 aliphatic rings. The number of hydrogen-bond donors (Lipinski definition) is 0. The maximum Gasteiger partial charge on any atom is 0.223 e. The van der Waals surface area contributed by atoms with Crippen molar-refractivity contribution in [3.63, 3.8) is 0 Å². The summed E-state index contributed by atoms with van der Waals surface area (Å²) < 4.78 is 23.0. The van der Waals surface area contributed by atoms with E-state index in [2.05, 4.69) is 0 Å². The number of rotatable bonds is 1. The number of fused-ring (bicyclic) bond motifs is 1. The Hall–Kier alpha value is -1.36. The Labute approximate surface area is 101 Å². The molecule has 0 unspecified atom stereocenters. The molecule has 0 fully saturated rings. The first-order valence-corrected chi connectivity index (χ1v) is 7.40. The van der Waals surface area contributed by atoms with E-state index in [1.54, 1.807) is 23.1 Å². The minimum Gasteiger partial charge on any atom is -0.312 e. The van der Waals surface area contributed by atoms with Crippen LogP contribution in [-0.4, -0.2) is 27.1 Å². The van der Waals surface area contributed by atoms with Crippen molar-refractivity contribution >= 4 is 21.4 Å². The van der Waals surface area contributed by atoms with Gasteiger partial charge in [-0.3, -0.25) is 4.79 Å². The average molecular weight is 253 g/mol. The lowest BCUT2D eigenvalue weighted by molar-refractivity contribution is -0.116. The van der Waals surface area contributed by atoms with Crippen molar-refractivity contribution in [3.05, 3.63) is 23.8 Å². The number of hydrogen-bond acceptors (Lipinski definition) is 3. The summed E-state index contributed by atoms with van der Waals surface area (Å²) in [6.07, 6.45) is 2.99. The summed E-state index contributed by atoms with van der Waals surface area (Å²) in [7, 11) is -3.22. The summed E-state index contributed by atoms with van der Waals surface area (Å²) in [5, 5.41) is 0. The predicted molar refractivity (Wildman–Crippen MR) is 65.9 cm³/mol. The van der Waals surface area contributed by atoms with Crippen LogP contribution in [0.5, 0.6) is 0 Å². The number of amides is 1. The number of benzene rings is 1. The number of anilines is 1. The molecule has 1 aromatic rings. The Morgan fingerprint density at radius 2 is 2.06 bits per heavy atom. The van der Waals surface area contributed by atoms with E-state index in [0.29, 0.717) is 6.54 Å². The fourth-order valence-corrected chi connectivity index (χ4v) is 2.75. The molecule has 5 heteroatoms. The molecule has 17 heavy (non-hydrogen) atoms. The third-order valence-electron chi connectivity index (χ3n) is 2.98. The van der Waals surface area contributed by atoms with E-state index in [-0.39, 0.29) is 10.8 Å². The highest BCUT2D eigenvalue weighted by Gasteiger charge is 2.21. The number of nitrogens with zero attached hydrogens (tertiary/aromatic N) is 1. The predicted octanol–water partition coefficient (Wildman–Crippen LogP) is 1.39. The van der Waals surface area contributed by atoms with Crippen LogP contribution in [0.2, 0.25) is 0 Å². The molecule has 0 N–H and O–H groups in total. The standard InChI is InChI=1S/C12H15NO3S/c1-9(14)13-7-3-4-10-5-6-11(8-12(10)13)17(2,15)16/h5-6,8H,3-4,7H2,1-2H3. The number of aryl methyl sites for hydroxylation is 1. The molecule has 0 spiro atoms. The highest BCUT2D eigenvalue weighted by Crippen LogP contribution is 2.29. The van der Waals surface area contributed by atoms with Crippen LogP contribution in [0.3, 0.4) is 0 Å². The van der Waals surface area contributed by atoms with Crippen LogP contribution >= 0.6 is 0 Å². The smallest absolute Gasteiger partial charge is 0.223 e. The summed E-state index contributed by atoms with van der Waals surface area (Å²) >= 11 is 0. The van der Waals surface area contributed by atoms with Crippen LogP contribution in [-0.2, 0) is 21.1 Å². The molecule has 1 amide bonds. The average Bonchev–Trinajstić information content (AvgIpc) is 2.26. The first kappa shape index (κ1) is 12.1. The van der Waals surface area contributed by atoms with Crippen molar-refractivity contribution in [1.29, 1.82) is 0 Å². The summed E-state index contributed by atoms with van der Waals surface area (Å²) in [5.41, 5.74) is 1.78. The topological polar surface area (TPSA) is 54.5 Å². The van der Waals surface area contributed by atoms with Gasteiger partial charge in [-0.1, -0.05) is 6.07 Å². The molecule has 0 aliphatic carbocycles. The zero-order chi connectivity index (χ0) is 12.6. The van der Waals surface area contributed by atoms with Gasteiger partial charge in [-0.05, 0) is 30.5 Å². The van der Waals surface area contributed by atoms with Gasteiger partial charge in [-0.2, -0.15) is 0 Å². The third-order valence-corrected chi connectivity index (χ3v) is 4.09. The van der Waals surface area contributed by atoms with Crippen LogP contribution in [0, 0.1) is 0 Å². The highest BCUT2D eigenvalue weighted by atomic mass is 32.2. The molecule has 0 saturated heterocycles. The lowest BCUT2D eigenvalue weighted by Crippen LogP contribution is -2.33. The summed E-state index contributed by atoms with van der Waals surface area (Å²) in [6.45, 7) is 2.16. The summed E-state index contributed by atoms with van der Waals surface area (Å²) in [5.74, 6) is -0.0448. The van der Waals surface area contributed by atoms with Crippen LogP contribution < -0.4 is 4.90 Å². The van der Waals surface area contributed by atoms with E-state index in [1.807, 2.05) is 0 Å².